The number of aryl methyl sites for hydroxylation is 1. The Morgan fingerprint density at radius 2 is 2.11 bits per heavy atom. The molecule has 1 aromatic rings. The fourth-order valence-corrected chi connectivity index (χ4v) is 3.20. The Balaban J connectivity index is 1.94. The number of ketones is 1. The highest BCUT2D eigenvalue weighted by Gasteiger charge is 2.44. The van der Waals surface area contributed by atoms with Gasteiger partial charge in [-0.25, -0.2) is 0 Å². The van der Waals surface area contributed by atoms with Crippen molar-refractivity contribution in [3.05, 3.63) is 34.9 Å². The van der Waals surface area contributed by atoms with Crippen molar-refractivity contribution in [2.24, 2.45) is 5.41 Å². The standard InChI is InChI=1S/C15H17NO2/c1-10(17)11-2-3-13-9-15(5-4-12(13)8-11)6-7-16-14(15)18/h2-3,8H,4-7,9H2,1H3,(H,16,18). The molecule has 1 N–H and O–H groups in total. The molecule has 1 aromatic carbocycles. The molecule has 0 radical (unpaired) electrons. The number of fused-ring (bicyclic) bond motifs is 1. The molecule has 1 aliphatic carbocycles. The molecule has 94 valence electrons. The minimum Gasteiger partial charge on any atom is -0.356 e. The molecule has 3 rings (SSSR count). The third-order valence-electron chi connectivity index (χ3n) is 4.39. The van der Waals surface area contributed by atoms with Crippen molar-refractivity contribution in [3.8, 4) is 0 Å². The van der Waals surface area contributed by atoms with Gasteiger partial charge in [0.25, 0.3) is 0 Å². The van der Waals surface area contributed by atoms with Crippen LogP contribution in [0.2, 0.25) is 0 Å². The van der Waals surface area contributed by atoms with Gasteiger partial charge in [0.15, 0.2) is 5.78 Å². The zero-order chi connectivity index (χ0) is 12.8. The molecule has 3 nitrogen and oxygen atoms in total. The normalized spacial score (nSPS) is 25.9. The summed E-state index contributed by atoms with van der Waals surface area (Å²) in [5.41, 5.74) is 3.09. The number of amides is 1. The predicted octanol–water partition coefficient (Wildman–Crippen LogP) is 1.88. The van der Waals surface area contributed by atoms with Crippen LogP contribution >= 0.6 is 0 Å². The Hall–Kier alpha value is -1.64. The summed E-state index contributed by atoms with van der Waals surface area (Å²) in [5, 5.41) is 2.95. The third-order valence-corrected chi connectivity index (χ3v) is 4.39. The summed E-state index contributed by atoms with van der Waals surface area (Å²) in [6.45, 7) is 2.40. The first-order valence-electron chi connectivity index (χ1n) is 6.52. The van der Waals surface area contributed by atoms with Gasteiger partial charge in [0, 0.05) is 12.1 Å². The zero-order valence-electron chi connectivity index (χ0n) is 10.6. The Labute approximate surface area is 107 Å². The summed E-state index contributed by atoms with van der Waals surface area (Å²) in [5.74, 6) is 0.320. The van der Waals surface area contributed by atoms with Crippen LogP contribution in [0.15, 0.2) is 18.2 Å². The van der Waals surface area contributed by atoms with Gasteiger partial charge in [0.2, 0.25) is 5.91 Å². The number of rotatable bonds is 1. The molecule has 1 amide bonds. The van der Waals surface area contributed by atoms with Crippen LogP contribution in [0.1, 0.15) is 41.3 Å². The minimum atomic E-state index is -0.176. The first kappa shape index (κ1) is 11.5. The Morgan fingerprint density at radius 1 is 1.28 bits per heavy atom. The number of Topliss-reactive ketones (excluding diaryl/α,β-unsaturated/α-hetero) is 1. The monoisotopic (exact) mass is 243 g/mol. The molecule has 1 fully saturated rings. The number of benzene rings is 1. The highest BCUT2D eigenvalue weighted by Crippen LogP contribution is 2.41. The van der Waals surface area contributed by atoms with E-state index in [0.29, 0.717) is 0 Å². The highest BCUT2D eigenvalue weighted by molar-refractivity contribution is 5.94. The maximum Gasteiger partial charge on any atom is 0.226 e. The van der Waals surface area contributed by atoms with Crippen LogP contribution in [0, 0.1) is 5.41 Å². The van der Waals surface area contributed by atoms with Crippen LogP contribution in [-0.4, -0.2) is 18.2 Å². The van der Waals surface area contributed by atoms with Gasteiger partial charge in [0.1, 0.15) is 0 Å². The number of hydrogen-bond donors (Lipinski definition) is 1. The summed E-state index contributed by atoms with van der Waals surface area (Å²) in [6, 6.07) is 5.91. The zero-order valence-corrected chi connectivity index (χ0v) is 10.6. The van der Waals surface area contributed by atoms with Gasteiger partial charge in [-0.15, -0.1) is 0 Å². The molecule has 0 bridgehead atoms. The van der Waals surface area contributed by atoms with Crippen LogP contribution < -0.4 is 5.32 Å². The lowest BCUT2D eigenvalue weighted by Crippen LogP contribution is -2.36. The fourth-order valence-electron chi connectivity index (χ4n) is 3.20. The van der Waals surface area contributed by atoms with Crippen LogP contribution in [0.4, 0.5) is 0 Å². The second kappa shape index (κ2) is 3.94. The van der Waals surface area contributed by atoms with E-state index in [0.717, 1.165) is 37.8 Å². The first-order chi connectivity index (χ1) is 8.61. The molecule has 1 saturated heterocycles. The summed E-state index contributed by atoms with van der Waals surface area (Å²) >= 11 is 0. The minimum absolute atomic E-state index is 0.108. The lowest BCUT2D eigenvalue weighted by atomic mass is 9.70. The van der Waals surface area contributed by atoms with Crippen molar-refractivity contribution < 1.29 is 9.59 Å². The first-order valence-corrected chi connectivity index (χ1v) is 6.52. The van der Waals surface area contributed by atoms with Crippen molar-refractivity contribution in [2.45, 2.75) is 32.6 Å². The van der Waals surface area contributed by atoms with Gasteiger partial charge in [0.05, 0.1) is 5.41 Å². The SMILES string of the molecule is CC(=O)c1ccc2c(c1)CCC1(CCNC1=O)C2. The maximum atomic E-state index is 12.0. The van der Waals surface area contributed by atoms with Gasteiger partial charge in [-0.1, -0.05) is 12.1 Å². The van der Waals surface area contributed by atoms with Gasteiger partial charge in [-0.3, -0.25) is 9.59 Å². The second-order valence-electron chi connectivity index (χ2n) is 5.50. The number of hydrogen-bond acceptors (Lipinski definition) is 2. The van der Waals surface area contributed by atoms with Crippen LogP contribution in [0.25, 0.3) is 0 Å². The molecule has 1 spiro atoms. The molecule has 0 saturated carbocycles. The van der Waals surface area contributed by atoms with Crippen molar-refractivity contribution in [2.75, 3.05) is 6.54 Å². The smallest absolute Gasteiger partial charge is 0.226 e. The average Bonchev–Trinajstić information content (AvgIpc) is 2.70. The fraction of sp³-hybridized carbons (Fsp3) is 0.467. The van der Waals surface area contributed by atoms with E-state index in [1.807, 2.05) is 18.2 Å². The van der Waals surface area contributed by atoms with Crippen LogP contribution in [0.5, 0.6) is 0 Å². The number of nitrogens with one attached hydrogen (secondary N) is 1. The topological polar surface area (TPSA) is 46.2 Å². The lowest BCUT2D eigenvalue weighted by Gasteiger charge is -2.32. The van der Waals surface area contributed by atoms with Gasteiger partial charge in [-0.2, -0.15) is 0 Å². The quantitative estimate of drug-likeness (QED) is 0.765. The molecular weight excluding hydrogens is 226 g/mol. The molecule has 3 heteroatoms. The molecule has 2 aliphatic rings. The molecule has 0 aromatic heterocycles. The molecule has 1 heterocycles. The molecule has 1 aliphatic heterocycles. The van der Waals surface area contributed by atoms with Gasteiger partial charge >= 0.3 is 0 Å². The predicted molar refractivity (Wildman–Crippen MR) is 68.5 cm³/mol. The van der Waals surface area contributed by atoms with Gasteiger partial charge < -0.3 is 5.32 Å². The Kier molecular flexibility index (Phi) is 2.51. The third kappa shape index (κ3) is 1.65. The van der Waals surface area contributed by atoms with Crippen molar-refractivity contribution in [1.82, 2.24) is 5.32 Å². The largest absolute Gasteiger partial charge is 0.356 e. The van der Waals surface area contributed by atoms with E-state index in [-0.39, 0.29) is 17.1 Å². The van der Waals surface area contributed by atoms with Crippen molar-refractivity contribution in [1.29, 1.82) is 0 Å². The van der Waals surface area contributed by atoms with E-state index in [9.17, 15) is 9.59 Å². The summed E-state index contributed by atoms with van der Waals surface area (Å²) in [4.78, 5) is 23.3. The molecule has 1 atom stereocenters. The molecule has 1 unspecified atom stereocenters. The summed E-state index contributed by atoms with van der Waals surface area (Å²) in [6.07, 6.45) is 3.59. The average molecular weight is 243 g/mol. The van der Waals surface area contributed by atoms with E-state index in [2.05, 4.69) is 5.32 Å². The summed E-state index contributed by atoms with van der Waals surface area (Å²) < 4.78 is 0. The van der Waals surface area contributed by atoms with E-state index < -0.39 is 0 Å². The van der Waals surface area contributed by atoms with Crippen LogP contribution in [-0.2, 0) is 17.6 Å². The van der Waals surface area contributed by atoms with Gasteiger partial charge in [-0.05, 0) is 49.8 Å². The summed E-state index contributed by atoms with van der Waals surface area (Å²) in [7, 11) is 0. The van der Waals surface area contributed by atoms with E-state index in [1.54, 1.807) is 6.92 Å². The van der Waals surface area contributed by atoms with E-state index in [4.69, 9.17) is 0 Å². The van der Waals surface area contributed by atoms with E-state index in [1.165, 1.54) is 11.1 Å². The maximum absolute atomic E-state index is 12.0. The lowest BCUT2D eigenvalue weighted by molar-refractivity contribution is -0.128. The van der Waals surface area contributed by atoms with Crippen molar-refractivity contribution >= 4 is 11.7 Å². The number of carbonyl (C=O) groups is 2. The molecule has 18 heavy (non-hydrogen) atoms. The molecular formula is C15H17NO2. The van der Waals surface area contributed by atoms with E-state index >= 15 is 0 Å². The Morgan fingerprint density at radius 3 is 2.78 bits per heavy atom. The second-order valence-corrected chi connectivity index (χ2v) is 5.50. The highest BCUT2D eigenvalue weighted by atomic mass is 16.2. The number of carbonyl (C=O) groups excluding carboxylic acids is 2. The van der Waals surface area contributed by atoms with Crippen molar-refractivity contribution in [3.63, 3.8) is 0 Å². The van der Waals surface area contributed by atoms with Crippen LogP contribution in [0.3, 0.4) is 0 Å². The Bertz CT molecular complexity index is 535.